The molecule has 0 aliphatic carbocycles. The van der Waals surface area contributed by atoms with Crippen LogP contribution in [-0.2, 0) is 4.79 Å². The zero-order valence-corrected chi connectivity index (χ0v) is 48.5. The van der Waals surface area contributed by atoms with Crippen molar-refractivity contribution in [1.29, 1.82) is 0 Å². The van der Waals surface area contributed by atoms with E-state index in [1.165, 1.54) is 315 Å². The Bertz CT molecular complexity index is 1080. The fourth-order valence-corrected chi connectivity index (χ4v) is 10.4. The van der Waals surface area contributed by atoms with E-state index in [1.807, 2.05) is 6.08 Å². The predicted octanol–water partition coefficient (Wildman–Crippen LogP) is 22.0. The molecule has 4 heteroatoms. The van der Waals surface area contributed by atoms with Crippen molar-refractivity contribution in [3.8, 4) is 0 Å². The molecule has 0 bridgehead atoms. The molecule has 0 fully saturated rings. The van der Waals surface area contributed by atoms with Crippen LogP contribution in [0.5, 0.6) is 0 Å². The molecule has 0 saturated heterocycles. The van der Waals surface area contributed by atoms with Crippen molar-refractivity contribution >= 4 is 5.91 Å². The van der Waals surface area contributed by atoms with E-state index in [0.29, 0.717) is 6.42 Å². The molecule has 0 heterocycles. The first kappa shape index (κ1) is 69.6. The van der Waals surface area contributed by atoms with Crippen molar-refractivity contribution in [1.82, 2.24) is 5.32 Å². The summed E-state index contributed by atoms with van der Waals surface area (Å²) >= 11 is 0. The first-order valence-corrected chi connectivity index (χ1v) is 32.7. The monoisotopic (exact) mass is 996 g/mol. The first-order chi connectivity index (χ1) is 35.2. The Morgan fingerprint density at radius 1 is 0.338 bits per heavy atom. The molecule has 2 atom stereocenters. The highest BCUT2D eigenvalue weighted by Gasteiger charge is 2.18. The maximum absolute atomic E-state index is 12.5. The molecule has 0 spiro atoms. The third-order valence-electron chi connectivity index (χ3n) is 15.4. The molecule has 2 unspecified atom stereocenters. The number of allylic oxidation sites excluding steroid dienone is 5. The lowest BCUT2D eigenvalue weighted by Gasteiger charge is -2.20. The molecule has 0 saturated carbocycles. The highest BCUT2D eigenvalue weighted by molar-refractivity contribution is 5.76. The van der Waals surface area contributed by atoms with Gasteiger partial charge < -0.3 is 15.5 Å². The Hall–Kier alpha value is -1.39. The Kier molecular flexibility index (Phi) is 61.7. The maximum Gasteiger partial charge on any atom is 0.220 e. The minimum Gasteiger partial charge on any atom is -0.394 e. The second-order valence-electron chi connectivity index (χ2n) is 22.5. The molecule has 420 valence electrons. The zero-order valence-electron chi connectivity index (χ0n) is 48.5. The number of unbranched alkanes of at least 4 members (excludes halogenated alkanes) is 50. The van der Waals surface area contributed by atoms with Gasteiger partial charge in [0.1, 0.15) is 0 Å². The number of hydrogen-bond acceptors (Lipinski definition) is 3. The van der Waals surface area contributed by atoms with Crippen LogP contribution >= 0.6 is 0 Å². The number of carbonyl (C=O) groups is 1. The highest BCUT2D eigenvalue weighted by Crippen LogP contribution is 2.18. The van der Waals surface area contributed by atoms with Crippen LogP contribution in [0.2, 0.25) is 0 Å². The number of hydrogen-bond donors (Lipinski definition) is 3. The molecular weight excluding hydrogens is 867 g/mol. The Balaban J connectivity index is 3.44. The Morgan fingerprint density at radius 2 is 0.577 bits per heavy atom. The highest BCUT2D eigenvalue weighted by atomic mass is 16.3. The van der Waals surface area contributed by atoms with Crippen molar-refractivity contribution in [2.45, 2.75) is 379 Å². The van der Waals surface area contributed by atoms with Gasteiger partial charge in [-0.1, -0.05) is 346 Å². The topological polar surface area (TPSA) is 69.6 Å². The second kappa shape index (κ2) is 62.9. The third-order valence-corrected chi connectivity index (χ3v) is 15.4. The van der Waals surface area contributed by atoms with Gasteiger partial charge in [-0.2, -0.15) is 0 Å². The van der Waals surface area contributed by atoms with E-state index in [-0.39, 0.29) is 12.5 Å². The van der Waals surface area contributed by atoms with Crippen LogP contribution < -0.4 is 5.32 Å². The van der Waals surface area contributed by atoms with Gasteiger partial charge in [0, 0.05) is 6.42 Å². The minimum atomic E-state index is -0.840. The average Bonchev–Trinajstić information content (AvgIpc) is 3.37. The number of rotatable bonds is 61. The molecular formula is C67H129NO3. The van der Waals surface area contributed by atoms with Crippen molar-refractivity contribution in [3.63, 3.8) is 0 Å². The fourth-order valence-electron chi connectivity index (χ4n) is 10.4. The van der Waals surface area contributed by atoms with Gasteiger partial charge in [0.25, 0.3) is 0 Å². The summed E-state index contributed by atoms with van der Waals surface area (Å²) in [5.74, 6) is -0.0573. The lowest BCUT2D eigenvalue weighted by atomic mass is 10.0. The van der Waals surface area contributed by atoms with Gasteiger partial charge in [0.05, 0.1) is 18.8 Å². The van der Waals surface area contributed by atoms with E-state index in [1.54, 1.807) is 6.08 Å². The van der Waals surface area contributed by atoms with Crippen molar-refractivity contribution in [2.24, 2.45) is 0 Å². The third kappa shape index (κ3) is 59.4. The van der Waals surface area contributed by atoms with Gasteiger partial charge in [-0.25, -0.2) is 0 Å². The van der Waals surface area contributed by atoms with E-state index in [0.717, 1.165) is 32.1 Å². The van der Waals surface area contributed by atoms with Crippen LogP contribution in [-0.4, -0.2) is 34.9 Å². The molecule has 0 rings (SSSR count). The number of nitrogens with one attached hydrogen (secondary N) is 1. The van der Waals surface area contributed by atoms with E-state index in [4.69, 9.17) is 0 Å². The number of carbonyl (C=O) groups excluding carboxylic acids is 1. The molecule has 0 aromatic carbocycles. The van der Waals surface area contributed by atoms with Gasteiger partial charge in [-0.15, -0.1) is 0 Å². The van der Waals surface area contributed by atoms with E-state index < -0.39 is 12.1 Å². The summed E-state index contributed by atoms with van der Waals surface area (Å²) in [6, 6.07) is -0.623. The zero-order chi connectivity index (χ0) is 51.3. The van der Waals surface area contributed by atoms with Crippen LogP contribution in [0.3, 0.4) is 0 Å². The lowest BCUT2D eigenvalue weighted by molar-refractivity contribution is -0.123. The molecule has 0 aromatic heterocycles. The fraction of sp³-hybridized carbons (Fsp3) is 0.896. The first-order valence-electron chi connectivity index (χ1n) is 32.7. The quantitative estimate of drug-likeness (QED) is 0.0420. The molecule has 0 aliphatic rings. The lowest BCUT2D eigenvalue weighted by Crippen LogP contribution is -2.45. The van der Waals surface area contributed by atoms with E-state index in [2.05, 4.69) is 43.5 Å². The SMILES string of the molecule is CCCCCCC/C=C\C/C=C\CCCCCCCCCCCCCCCCCCCC(=O)NC(CO)C(O)/C=C/CCCCCCCCCCCCCCCCCCCCCCCCCCCCCC. The number of amides is 1. The van der Waals surface area contributed by atoms with Crippen LogP contribution in [0.25, 0.3) is 0 Å². The molecule has 0 aliphatic heterocycles. The average molecular weight is 997 g/mol. The van der Waals surface area contributed by atoms with E-state index >= 15 is 0 Å². The molecule has 1 amide bonds. The van der Waals surface area contributed by atoms with Gasteiger partial charge >= 0.3 is 0 Å². The van der Waals surface area contributed by atoms with Crippen molar-refractivity contribution in [3.05, 3.63) is 36.5 Å². The summed E-state index contributed by atoms with van der Waals surface area (Å²) in [7, 11) is 0. The van der Waals surface area contributed by atoms with Crippen LogP contribution in [0, 0.1) is 0 Å². The minimum absolute atomic E-state index is 0.0573. The Labute approximate surface area is 446 Å². The molecule has 71 heavy (non-hydrogen) atoms. The summed E-state index contributed by atoms with van der Waals surface area (Å²) in [5, 5.41) is 23.3. The van der Waals surface area contributed by atoms with Crippen LogP contribution in [0.4, 0.5) is 0 Å². The summed E-state index contributed by atoms with van der Waals surface area (Å²) in [5.41, 5.74) is 0. The molecule has 0 aromatic rings. The maximum atomic E-state index is 12.5. The smallest absolute Gasteiger partial charge is 0.220 e. The van der Waals surface area contributed by atoms with Crippen molar-refractivity contribution in [2.75, 3.05) is 6.61 Å². The summed E-state index contributed by atoms with van der Waals surface area (Å²) in [6.45, 7) is 4.34. The van der Waals surface area contributed by atoms with Gasteiger partial charge in [-0.05, 0) is 51.4 Å². The molecule has 3 N–H and O–H groups in total. The van der Waals surface area contributed by atoms with Crippen LogP contribution in [0.1, 0.15) is 367 Å². The summed E-state index contributed by atoms with van der Waals surface area (Å²) < 4.78 is 0. The molecule has 0 radical (unpaired) electrons. The predicted molar refractivity (Wildman–Crippen MR) is 318 cm³/mol. The summed E-state index contributed by atoms with van der Waals surface area (Å²) in [4.78, 5) is 12.5. The van der Waals surface area contributed by atoms with E-state index in [9.17, 15) is 15.0 Å². The molecule has 4 nitrogen and oxygen atoms in total. The normalized spacial score (nSPS) is 12.9. The van der Waals surface area contributed by atoms with Gasteiger partial charge in [0.15, 0.2) is 0 Å². The second-order valence-corrected chi connectivity index (χ2v) is 22.5. The standard InChI is InChI=1S/C67H129NO3/c1-3-5-7-9-11-13-15-17-19-21-23-25-27-29-31-33-35-36-38-40-42-44-46-48-50-52-54-56-58-60-62-66(70)65(64-69)68-67(71)63-61-59-57-55-53-51-49-47-45-43-41-39-37-34-32-30-28-26-24-22-20-18-16-14-12-10-8-6-4-2/h16,18,22,24,60,62,65-66,69-70H,3-15,17,19-21,23,25-59,61,63-64H2,1-2H3,(H,68,71)/b18-16-,24-22-,62-60+. The van der Waals surface area contributed by atoms with Gasteiger partial charge in [-0.3, -0.25) is 4.79 Å². The summed E-state index contributed by atoms with van der Waals surface area (Å²) in [6.07, 6.45) is 86.4. The van der Waals surface area contributed by atoms with Crippen LogP contribution in [0.15, 0.2) is 36.5 Å². The Morgan fingerprint density at radius 3 is 0.845 bits per heavy atom. The number of aliphatic hydroxyl groups is 2. The largest absolute Gasteiger partial charge is 0.394 e. The van der Waals surface area contributed by atoms with Crippen molar-refractivity contribution < 1.29 is 15.0 Å². The van der Waals surface area contributed by atoms with Gasteiger partial charge in [0.2, 0.25) is 5.91 Å². The number of aliphatic hydroxyl groups excluding tert-OH is 2.